The van der Waals surface area contributed by atoms with Crippen LogP contribution >= 0.6 is 11.9 Å². The van der Waals surface area contributed by atoms with Gasteiger partial charge in [0.05, 0.1) is 12.5 Å². The Morgan fingerprint density at radius 1 is 0.972 bits per heavy atom. The quantitative estimate of drug-likeness (QED) is 0.245. The summed E-state index contributed by atoms with van der Waals surface area (Å²) >= 11 is 1.60. The van der Waals surface area contributed by atoms with Crippen molar-refractivity contribution in [3.63, 3.8) is 0 Å². The van der Waals surface area contributed by atoms with Crippen molar-refractivity contribution >= 4 is 17.9 Å². The summed E-state index contributed by atoms with van der Waals surface area (Å²) in [6.07, 6.45) is 2.78. The number of carboxylic acids is 1. The highest BCUT2D eigenvalue weighted by molar-refractivity contribution is 7.97. The van der Waals surface area contributed by atoms with Gasteiger partial charge in [-0.25, -0.2) is 4.31 Å². The molecule has 0 aliphatic heterocycles. The van der Waals surface area contributed by atoms with Gasteiger partial charge in [0.1, 0.15) is 0 Å². The van der Waals surface area contributed by atoms with E-state index < -0.39 is 12.1 Å². The van der Waals surface area contributed by atoms with Gasteiger partial charge in [0.15, 0.2) is 0 Å². The van der Waals surface area contributed by atoms with Gasteiger partial charge in [-0.2, -0.15) is 0 Å². The van der Waals surface area contributed by atoms with Crippen LogP contribution in [-0.2, 0) is 17.6 Å². The smallest absolute Gasteiger partial charge is 0.307 e. The SMILES string of the molecule is CN(C[C@H](O)CNC(C)(C)CCCc1ccccc1)Sc1cccc(-c2ccc(CC(=O)O)cc2)c1. The maximum absolute atomic E-state index is 10.9. The molecule has 0 spiro atoms. The summed E-state index contributed by atoms with van der Waals surface area (Å²) in [5, 5.41) is 23.1. The third-order valence-corrected chi connectivity index (χ3v) is 7.06. The van der Waals surface area contributed by atoms with E-state index in [1.807, 2.05) is 43.4 Å². The molecule has 3 aromatic carbocycles. The van der Waals surface area contributed by atoms with Crippen LogP contribution in [0.1, 0.15) is 37.8 Å². The Bertz CT molecular complexity index is 1090. The largest absolute Gasteiger partial charge is 0.481 e. The number of aryl methyl sites for hydroxylation is 1. The van der Waals surface area contributed by atoms with E-state index in [-0.39, 0.29) is 12.0 Å². The van der Waals surface area contributed by atoms with E-state index in [2.05, 4.69) is 65.9 Å². The summed E-state index contributed by atoms with van der Waals surface area (Å²) in [6.45, 7) is 5.49. The van der Waals surface area contributed by atoms with Crippen molar-refractivity contribution in [1.82, 2.24) is 9.62 Å². The number of hydrogen-bond acceptors (Lipinski definition) is 5. The van der Waals surface area contributed by atoms with Crippen LogP contribution in [0, 0.1) is 0 Å². The summed E-state index contributed by atoms with van der Waals surface area (Å²) in [7, 11) is 1.99. The molecule has 36 heavy (non-hydrogen) atoms. The summed E-state index contributed by atoms with van der Waals surface area (Å²) in [5.74, 6) is -0.826. The third kappa shape index (κ3) is 9.78. The standard InChI is InChI=1S/C30H38N2O3S/c1-30(2,18-8-11-23-9-5-4-6-10-23)31-21-27(33)22-32(3)36-28-13-7-12-26(20-28)25-16-14-24(15-17-25)19-29(34)35/h4-7,9-10,12-17,20,27,31,33H,8,11,18-19,21-22H2,1-3H3,(H,34,35)/t27-/m1/s1. The Morgan fingerprint density at radius 3 is 2.39 bits per heavy atom. The van der Waals surface area contributed by atoms with Crippen molar-refractivity contribution in [2.75, 3.05) is 20.1 Å². The molecule has 3 aromatic rings. The molecule has 6 heteroatoms. The van der Waals surface area contributed by atoms with E-state index in [0.29, 0.717) is 13.1 Å². The number of aliphatic carboxylic acids is 1. The van der Waals surface area contributed by atoms with Crippen LogP contribution in [0.25, 0.3) is 11.1 Å². The number of hydrogen-bond donors (Lipinski definition) is 3. The van der Waals surface area contributed by atoms with Crippen LogP contribution < -0.4 is 5.32 Å². The summed E-state index contributed by atoms with van der Waals surface area (Å²) in [4.78, 5) is 12.0. The normalized spacial score (nSPS) is 12.6. The highest BCUT2D eigenvalue weighted by Crippen LogP contribution is 2.27. The van der Waals surface area contributed by atoms with E-state index in [0.717, 1.165) is 40.8 Å². The minimum atomic E-state index is -0.826. The Labute approximate surface area is 219 Å². The van der Waals surface area contributed by atoms with Crippen LogP contribution in [0.15, 0.2) is 83.8 Å². The van der Waals surface area contributed by atoms with E-state index in [4.69, 9.17) is 5.11 Å². The summed E-state index contributed by atoms with van der Waals surface area (Å²) in [5.41, 5.74) is 4.25. The van der Waals surface area contributed by atoms with Gasteiger partial charge in [0.2, 0.25) is 0 Å². The Balaban J connectivity index is 1.44. The Kier molecular flexibility index (Phi) is 10.6. The molecule has 0 bridgehead atoms. The molecular formula is C30H38N2O3S. The van der Waals surface area contributed by atoms with Gasteiger partial charge in [0, 0.05) is 23.5 Å². The molecule has 0 saturated heterocycles. The number of benzene rings is 3. The van der Waals surface area contributed by atoms with Gasteiger partial charge in [-0.1, -0.05) is 66.7 Å². The minimum Gasteiger partial charge on any atom is -0.481 e. The molecule has 0 amide bonds. The molecular weight excluding hydrogens is 468 g/mol. The van der Waals surface area contributed by atoms with Gasteiger partial charge in [0.25, 0.3) is 0 Å². The third-order valence-electron chi connectivity index (χ3n) is 6.13. The van der Waals surface area contributed by atoms with E-state index in [1.165, 1.54) is 5.56 Å². The molecule has 0 fully saturated rings. The molecule has 0 radical (unpaired) electrons. The van der Waals surface area contributed by atoms with E-state index in [9.17, 15) is 9.90 Å². The second kappa shape index (κ2) is 13.6. The van der Waals surface area contributed by atoms with Crippen molar-refractivity contribution in [3.05, 3.63) is 90.0 Å². The zero-order valence-electron chi connectivity index (χ0n) is 21.5. The number of nitrogens with zero attached hydrogens (tertiary/aromatic N) is 1. The molecule has 1 atom stereocenters. The number of carbonyl (C=O) groups is 1. The van der Waals surface area contributed by atoms with Crippen molar-refractivity contribution in [2.45, 2.75) is 56.1 Å². The van der Waals surface area contributed by atoms with Gasteiger partial charge in [-0.3, -0.25) is 4.79 Å². The van der Waals surface area contributed by atoms with Gasteiger partial charge in [-0.05, 0) is 86.5 Å². The summed E-state index contributed by atoms with van der Waals surface area (Å²) in [6, 6.07) is 26.5. The number of aliphatic hydroxyl groups is 1. The zero-order valence-corrected chi connectivity index (χ0v) is 22.3. The molecule has 0 unspecified atom stereocenters. The molecule has 3 rings (SSSR count). The topological polar surface area (TPSA) is 72.8 Å². The fourth-order valence-corrected chi connectivity index (χ4v) is 5.09. The lowest BCUT2D eigenvalue weighted by molar-refractivity contribution is -0.136. The van der Waals surface area contributed by atoms with E-state index >= 15 is 0 Å². The van der Waals surface area contributed by atoms with Crippen molar-refractivity contribution in [1.29, 1.82) is 0 Å². The lowest BCUT2D eigenvalue weighted by atomic mass is 9.95. The highest BCUT2D eigenvalue weighted by Gasteiger charge is 2.19. The molecule has 0 heterocycles. The molecule has 0 aliphatic rings. The van der Waals surface area contributed by atoms with E-state index in [1.54, 1.807) is 11.9 Å². The predicted molar refractivity (Wildman–Crippen MR) is 149 cm³/mol. The first kappa shape index (κ1) is 27.9. The first-order valence-corrected chi connectivity index (χ1v) is 13.2. The fourth-order valence-electron chi connectivity index (χ4n) is 4.16. The first-order chi connectivity index (χ1) is 17.2. The van der Waals surface area contributed by atoms with Crippen LogP contribution in [0.5, 0.6) is 0 Å². The van der Waals surface area contributed by atoms with Crippen molar-refractivity contribution in [3.8, 4) is 11.1 Å². The molecule has 0 aliphatic carbocycles. The number of aliphatic hydroxyl groups excluding tert-OH is 1. The van der Waals surface area contributed by atoms with Gasteiger partial charge >= 0.3 is 5.97 Å². The van der Waals surface area contributed by atoms with Gasteiger partial charge < -0.3 is 15.5 Å². The molecule has 192 valence electrons. The second-order valence-electron chi connectivity index (χ2n) is 9.95. The Morgan fingerprint density at radius 2 is 1.69 bits per heavy atom. The second-order valence-corrected chi connectivity index (χ2v) is 11.2. The molecule has 0 aromatic heterocycles. The number of rotatable bonds is 14. The monoisotopic (exact) mass is 506 g/mol. The maximum Gasteiger partial charge on any atom is 0.307 e. The Hall–Kier alpha value is -2.64. The summed E-state index contributed by atoms with van der Waals surface area (Å²) < 4.78 is 2.06. The first-order valence-electron chi connectivity index (χ1n) is 12.5. The number of likely N-dealkylation sites (N-methyl/N-ethyl adjacent to an activating group) is 1. The average Bonchev–Trinajstić information content (AvgIpc) is 2.84. The lowest BCUT2D eigenvalue weighted by Crippen LogP contribution is -2.45. The van der Waals surface area contributed by atoms with Crippen molar-refractivity contribution in [2.24, 2.45) is 0 Å². The van der Waals surface area contributed by atoms with Crippen molar-refractivity contribution < 1.29 is 15.0 Å². The molecule has 0 saturated carbocycles. The number of carboxylic acid groups (broad SMARTS) is 1. The fraction of sp³-hybridized carbons (Fsp3) is 0.367. The number of nitrogens with one attached hydrogen (secondary N) is 1. The maximum atomic E-state index is 10.9. The molecule has 5 nitrogen and oxygen atoms in total. The number of β-amino-alcohol motifs (C(OH)–C–C–N with tert-alkyl or cyclic N) is 1. The highest BCUT2D eigenvalue weighted by atomic mass is 32.2. The van der Waals surface area contributed by atoms with Crippen LogP contribution in [0.3, 0.4) is 0 Å². The average molecular weight is 507 g/mol. The minimum absolute atomic E-state index is 0.0308. The predicted octanol–water partition coefficient (Wildman–Crippen LogP) is 5.67. The van der Waals surface area contributed by atoms with Crippen LogP contribution in [0.2, 0.25) is 0 Å². The van der Waals surface area contributed by atoms with Crippen LogP contribution in [0.4, 0.5) is 0 Å². The lowest BCUT2D eigenvalue weighted by Gasteiger charge is -2.29. The van der Waals surface area contributed by atoms with Gasteiger partial charge in [-0.15, -0.1) is 0 Å². The van der Waals surface area contributed by atoms with Crippen LogP contribution in [-0.4, -0.2) is 52.3 Å². The zero-order chi connectivity index (χ0) is 26.0. The molecule has 3 N–H and O–H groups in total.